The molecule has 4 rings (SSSR count). The van der Waals surface area contributed by atoms with Crippen LogP contribution < -0.4 is 16.0 Å². The lowest BCUT2D eigenvalue weighted by Gasteiger charge is -2.16. The molecule has 2 heterocycles. The number of para-hydroxylation sites is 1. The van der Waals surface area contributed by atoms with Gasteiger partial charge in [0.2, 0.25) is 0 Å². The molecule has 1 saturated heterocycles. The number of halogens is 2. The number of amides is 3. The number of hydrogen-bond donors (Lipinski definition) is 3. The summed E-state index contributed by atoms with van der Waals surface area (Å²) in [5, 5.41) is 9.23. The summed E-state index contributed by atoms with van der Waals surface area (Å²) in [5.74, 6) is -0.942. The summed E-state index contributed by atoms with van der Waals surface area (Å²) < 4.78 is 4.87. The number of anilines is 2. The number of rotatable bonds is 4. The molecule has 1 atom stereocenters. The van der Waals surface area contributed by atoms with Gasteiger partial charge in [0.1, 0.15) is 6.04 Å². The molecule has 3 N–H and O–H groups in total. The van der Waals surface area contributed by atoms with Gasteiger partial charge in [0.25, 0.3) is 5.91 Å². The zero-order valence-electron chi connectivity index (χ0n) is 16.9. The van der Waals surface area contributed by atoms with E-state index in [2.05, 4.69) is 20.9 Å². The fourth-order valence-electron chi connectivity index (χ4n) is 3.42. The van der Waals surface area contributed by atoms with Crippen molar-refractivity contribution < 1.29 is 19.1 Å². The summed E-state index contributed by atoms with van der Waals surface area (Å²) in [6.45, 7) is 2.07. The summed E-state index contributed by atoms with van der Waals surface area (Å²) in [6, 6.07) is 8.77. The second-order valence-electron chi connectivity index (χ2n) is 7.18. The van der Waals surface area contributed by atoms with Crippen LogP contribution in [0.15, 0.2) is 42.6 Å². The molecule has 32 heavy (non-hydrogen) atoms. The number of hydrogen-bond acceptors (Lipinski definition) is 5. The van der Waals surface area contributed by atoms with E-state index in [-0.39, 0.29) is 22.2 Å². The zero-order valence-corrected chi connectivity index (χ0v) is 18.4. The van der Waals surface area contributed by atoms with Crippen LogP contribution in [0, 0.1) is 6.92 Å². The number of fused-ring (bicyclic) bond motifs is 1. The number of aryl methyl sites for hydroxylation is 1. The number of carbonyl (C=O) groups excluding carboxylic acids is 3. The molecule has 0 aliphatic carbocycles. The highest BCUT2D eigenvalue weighted by molar-refractivity contribution is 6.40. The molecule has 2 aromatic carbocycles. The number of benzene rings is 2. The van der Waals surface area contributed by atoms with Crippen LogP contribution in [0.2, 0.25) is 10.0 Å². The van der Waals surface area contributed by atoms with Crippen molar-refractivity contribution in [3.63, 3.8) is 0 Å². The van der Waals surface area contributed by atoms with Crippen LogP contribution in [0.25, 0.3) is 10.9 Å². The quantitative estimate of drug-likeness (QED) is 0.482. The SMILES string of the molecule is Cc1cnc2c(NC(=O)c3c(Cl)cccc3Cl)cccc2c1NC(=O)NC1CCOC1=O. The number of cyclic esters (lactones) is 1. The molecule has 1 unspecified atom stereocenters. The van der Waals surface area contributed by atoms with Gasteiger partial charge in [-0.1, -0.05) is 41.4 Å². The van der Waals surface area contributed by atoms with Crippen molar-refractivity contribution in [1.82, 2.24) is 10.3 Å². The van der Waals surface area contributed by atoms with Crippen molar-refractivity contribution in [1.29, 1.82) is 0 Å². The smallest absolute Gasteiger partial charge is 0.328 e. The highest BCUT2D eigenvalue weighted by atomic mass is 35.5. The third-order valence-corrected chi connectivity index (χ3v) is 5.63. The Hall–Kier alpha value is -3.36. The van der Waals surface area contributed by atoms with E-state index in [1.165, 1.54) is 0 Å². The molecular formula is C22H18Cl2N4O4. The van der Waals surface area contributed by atoms with Crippen molar-refractivity contribution >= 4 is 63.4 Å². The molecule has 164 valence electrons. The molecule has 0 saturated carbocycles. The Morgan fingerprint density at radius 3 is 2.50 bits per heavy atom. The Morgan fingerprint density at radius 1 is 1.09 bits per heavy atom. The summed E-state index contributed by atoms with van der Waals surface area (Å²) in [4.78, 5) is 41.4. The predicted molar refractivity (Wildman–Crippen MR) is 122 cm³/mol. The second kappa shape index (κ2) is 9.02. The molecule has 0 bridgehead atoms. The normalized spacial score (nSPS) is 15.3. The molecule has 3 aromatic rings. The summed E-state index contributed by atoms with van der Waals surface area (Å²) in [6.07, 6.45) is 2.00. The first-order valence-electron chi connectivity index (χ1n) is 9.73. The second-order valence-corrected chi connectivity index (χ2v) is 7.99. The number of aromatic nitrogens is 1. The van der Waals surface area contributed by atoms with E-state index in [1.54, 1.807) is 49.5 Å². The van der Waals surface area contributed by atoms with Gasteiger partial charge >= 0.3 is 12.0 Å². The van der Waals surface area contributed by atoms with Crippen LogP contribution in [0.4, 0.5) is 16.2 Å². The van der Waals surface area contributed by atoms with Gasteiger partial charge < -0.3 is 20.7 Å². The molecule has 1 fully saturated rings. The highest BCUT2D eigenvalue weighted by Gasteiger charge is 2.28. The van der Waals surface area contributed by atoms with Crippen LogP contribution >= 0.6 is 23.2 Å². The summed E-state index contributed by atoms with van der Waals surface area (Å²) >= 11 is 12.3. The van der Waals surface area contributed by atoms with Gasteiger partial charge in [-0.25, -0.2) is 9.59 Å². The molecular weight excluding hydrogens is 455 g/mol. The average Bonchev–Trinajstić information content (AvgIpc) is 3.14. The average molecular weight is 473 g/mol. The van der Waals surface area contributed by atoms with E-state index in [4.69, 9.17) is 27.9 Å². The van der Waals surface area contributed by atoms with E-state index in [9.17, 15) is 14.4 Å². The lowest BCUT2D eigenvalue weighted by atomic mass is 10.1. The number of pyridine rings is 1. The van der Waals surface area contributed by atoms with Gasteiger partial charge in [0.05, 0.1) is 39.1 Å². The molecule has 0 radical (unpaired) electrons. The van der Waals surface area contributed by atoms with Crippen LogP contribution in [-0.2, 0) is 9.53 Å². The maximum absolute atomic E-state index is 12.8. The molecule has 0 spiro atoms. The number of nitrogens with zero attached hydrogens (tertiary/aromatic N) is 1. The van der Waals surface area contributed by atoms with Gasteiger partial charge in [-0.15, -0.1) is 0 Å². The van der Waals surface area contributed by atoms with Crippen molar-refractivity contribution in [2.45, 2.75) is 19.4 Å². The van der Waals surface area contributed by atoms with Gasteiger partial charge in [-0.2, -0.15) is 0 Å². The Kier molecular flexibility index (Phi) is 6.16. The van der Waals surface area contributed by atoms with E-state index >= 15 is 0 Å². The Labute approximate surface area is 193 Å². The Morgan fingerprint density at radius 2 is 1.81 bits per heavy atom. The van der Waals surface area contributed by atoms with Crippen LogP contribution in [0.5, 0.6) is 0 Å². The van der Waals surface area contributed by atoms with Gasteiger partial charge in [-0.3, -0.25) is 9.78 Å². The minimum Gasteiger partial charge on any atom is -0.464 e. The molecule has 8 nitrogen and oxygen atoms in total. The molecule has 1 aliphatic heterocycles. The predicted octanol–water partition coefficient (Wildman–Crippen LogP) is 4.54. The van der Waals surface area contributed by atoms with Crippen LogP contribution in [0.3, 0.4) is 0 Å². The number of nitrogens with one attached hydrogen (secondary N) is 3. The monoisotopic (exact) mass is 472 g/mol. The standard InChI is InChI=1S/C22H18Cl2N4O4/c1-11-10-25-19-12(18(11)28-22(31)27-16-8-9-32-21(16)30)4-2-7-15(19)26-20(29)17-13(23)5-3-6-14(17)24/h2-7,10,16H,8-9H2,1H3,(H,26,29)(H2,25,27,28,31). The van der Waals surface area contributed by atoms with Crippen LogP contribution in [0.1, 0.15) is 22.3 Å². The zero-order chi connectivity index (χ0) is 22.8. The maximum atomic E-state index is 12.8. The summed E-state index contributed by atoms with van der Waals surface area (Å²) in [5.41, 5.74) is 2.25. The number of ether oxygens (including phenoxy) is 1. The van der Waals surface area contributed by atoms with E-state index < -0.39 is 23.9 Å². The minimum absolute atomic E-state index is 0.154. The van der Waals surface area contributed by atoms with Crippen molar-refractivity contribution in [2.24, 2.45) is 0 Å². The highest BCUT2D eigenvalue weighted by Crippen LogP contribution is 2.31. The van der Waals surface area contributed by atoms with Crippen molar-refractivity contribution in [2.75, 3.05) is 17.2 Å². The van der Waals surface area contributed by atoms with Gasteiger partial charge in [-0.05, 0) is 30.7 Å². The van der Waals surface area contributed by atoms with Gasteiger partial charge in [0.15, 0.2) is 0 Å². The maximum Gasteiger partial charge on any atom is 0.328 e. The third kappa shape index (κ3) is 4.32. The first kappa shape index (κ1) is 21.9. The van der Waals surface area contributed by atoms with Crippen LogP contribution in [-0.4, -0.2) is 35.5 Å². The van der Waals surface area contributed by atoms with Crippen molar-refractivity contribution in [3.05, 3.63) is 63.8 Å². The topological polar surface area (TPSA) is 109 Å². The molecule has 3 amide bonds. The lowest BCUT2D eigenvalue weighted by Crippen LogP contribution is -2.40. The van der Waals surface area contributed by atoms with Gasteiger partial charge in [0, 0.05) is 18.0 Å². The molecule has 1 aliphatic rings. The lowest BCUT2D eigenvalue weighted by molar-refractivity contribution is -0.139. The number of esters is 1. The fourth-order valence-corrected chi connectivity index (χ4v) is 3.99. The fraction of sp³-hybridized carbons (Fsp3) is 0.182. The van der Waals surface area contributed by atoms with Crippen molar-refractivity contribution in [3.8, 4) is 0 Å². The first-order valence-corrected chi connectivity index (χ1v) is 10.5. The number of urea groups is 1. The van der Waals surface area contributed by atoms with E-state index in [1.807, 2.05) is 0 Å². The minimum atomic E-state index is -0.682. The largest absolute Gasteiger partial charge is 0.464 e. The Bertz CT molecular complexity index is 1230. The van der Waals surface area contributed by atoms with E-state index in [0.717, 1.165) is 0 Å². The third-order valence-electron chi connectivity index (χ3n) is 5.00. The summed E-state index contributed by atoms with van der Waals surface area (Å²) in [7, 11) is 0. The van der Waals surface area contributed by atoms with E-state index in [0.29, 0.717) is 34.3 Å². The molecule has 1 aromatic heterocycles. The molecule has 10 heteroatoms. The Balaban J connectivity index is 1.63. The number of carbonyl (C=O) groups is 3. The first-order chi connectivity index (χ1) is 15.3.